The molecule has 1 aromatic rings. The van der Waals surface area contributed by atoms with Crippen LogP contribution in [0.1, 0.15) is 5.56 Å². The van der Waals surface area contributed by atoms with Crippen molar-refractivity contribution in [3.63, 3.8) is 0 Å². The highest BCUT2D eigenvalue weighted by atomic mass is 79.9. The SMILES string of the molecule is COCOC(=O)/C(Br)=C\c1ccc2c(c1)OCO2. The molecule has 18 heavy (non-hydrogen) atoms. The predicted molar refractivity (Wildman–Crippen MR) is 67.4 cm³/mol. The summed E-state index contributed by atoms with van der Waals surface area (Å²) in [6, 6.07) is 5.39. The van der Waals surface area contributed by atoms with Gasteiger partial charge in [-0.3, -0.25) is 0 Å². The molecule has 1 aliphatic rings. The maximum atomic E-state index is 11.5. The Hall–Kier alpha value is -1.53. The fraction of sp³-hybridized carbons (Fsp3) is 0.250. The van der Waals surface area contributed by atoms with E-state index in [1.54, 1.807) is 18.2 Å². The van der Waals surface area contributed by atoms with Crippen LogP contribution in [0.4, 0.5) is 0 Å². The molecular formula is C12H11BrO5. The van der Waals surface area contributed by atoms with Crippen LogP contribution in [0.15, 0.2) is 22.7 Å². The molecule has 2 rings (SSSR count). The summed E-state index contributed by atoms with van der Waals surface area (Å²) in [4.78, 5) is 11.5. The van der Waals surface area contributed by atoms with E-state index in [-0.39, 0.29) is 13.6 Å². The van der Waals surface area contributed by atoms with Gasteiger partial charge in [-0.2, -0.15) is 0 Å². The molecule has 0 N–H and O–H groups in total. The van der Waals surface area contributed by atoms with Crippen molar-refractivity contribution < 1.29 is 23.7 Å². The molecule has 5 nitrogen and oxygen atoms in total. The molecule has 96 valence electrons. The van der Waals surface area contributed by atoms with Gasteiger partial charge in [0.05, 0.1) is 0 Å². The van der Waals surface area contributed by atoms with E-state index < -0.39 is 5.97 Å². The Labute approximate surface area is 112 Å². The molecule has 6 heteroatoms. The van der Waals surface area contributed by atoms with Crippen LogP contribution in [0.2, 0.25) is 0 Å². The summed E-state index contributed by atoms with van der Waals surface area (Å²) in [6.07, 6.45) is 1.64. The van der Waals surface area contributed by atoms with E-state index in [4.69, 9.17) is 14.2 Å². The molecule has 0 aliphatic carbocycles. The number of methoxy groups -OCH3 is 1. The third-order valence-electron chi connectivity index (χ3n) is 2.19. The molecule has 1 heterocycles. The van der Waals surface area contributed by atoms with Gasteiger partial charge in [0, 0.05) is 7.11 Å². The van der Waals surface area contributed by atoms with Gasteiger partial charge in [-0.1, -0.05) is 6.07 Å². The Balaban J connectivity index is 2.10. The van der Waals surface area contributed by atoms with Crippen molar-refractivity contribution in [1.29, 1.82) is 0 Å². The molecule has 0 bridgehead atoms. The summed E-state index contributed by atoms with van der Waals surface area (Å²) in [5.74, 6) is 0.869. The van der Waals surface area contributed by atoms with Crippen LogP contribution in [0, 0.1) is 0 Å². The number of esters is 1. The Morgan fingerprint density at radius 2 is 2.22 bits per heavy atom. The normalized spacial score (nSPS) is 13.6. The molecule has 0 aromatic heterocycles. The minimum atomic E-state index is -0.491. The fourth-order valence-electron chi connectivity index (χ4n) is 1.39. The highest BCUT2D eigenvalue weighted by molar-refractivity contribution is 9.12. The van der Waals surface area contributed by atoms with Crippen molar-refractivity contribution >= 4 is 28.0 Å². The van der Waals surface area contributed by atoms with Gasteiger partial charge < -0.3 is 18.9 Å². The van der Waals surface area contributed by atoms with Crippen LogP contribution in [0.5, 0.6) is 11.5 Å². The molecule has 1 aliphatic heterocycles. The average molecular weight is 315 g/mol. The van der Waals surface area contributed by atoms with E-state index in [1.165, 1.54) is 7.11 Å². The van der Waals surface area contributed by atoms with Crippen molar-refractivity contribution in [3.05, 3.63) is 28.2 Å². The van der Waals surface area contributed by atoms with E-state index in [0.29, 0.717) is 16.0 Å². The molecule has 0 radical (unpaired) electrons. The van der Waals surface area contributed by atoms with E-state index in [9.17, 15) is 4.79 Å². The molecule has 0 amide bonds. The van der Waals surface area contributed by atoms with E-state index in [0.717, 1.165) is 5.56 Å². The zero-order chi connectivity index (χ0) is 13.0. The summed E-state index contributed by atoms with van der Waals surface area (Å²) >= 11 is 3.15. The number of hydrogen-bond donors (Lipinski definition) is 0. The molecule has 1 aromatic carbocycles. The maximum absolute atomic E-state index is 11.5. The highest BCUT2D eigenvalue weighted by Gasteiger charge is 2.13. The van der Waals surface area contributed by atoms with Crippen molar-refractivity contribution in [1.82, 2.24) is 0 Å². The van der Waals surface area contributed by atoms with Gasteiger partial charge in [0.1, 0.15) is 4.48 Å². The maximum Gasteiger partial charge on any atom is 0.347 e. The van der Waals surface area contributed by atoms with Crippen molar-refractivity contribution in [2.75, 3.05) is 20.7 Å². The smallest absolute Gasteiger partial charge is 0.347 e. The van der Waals surface area contributed by atoms with Crippen LogP contribution in [-0.4, -0.2) is 26.7 Å². The highest BCUT2D eigenvalue weighted by Crippen LogP contribution is 2.33. The third-order valence-corrected chi connectivity index (χ3v) is 2.75. The number of halogens is 1. The van der Waals surface area contributed by atoms with Crippen molar-refractivity contribution in [2.24, 2.45) is 0 Å². The minimum Gasteiger partial charge on any atom is -0.454 e. The largest absolute Gasteiger partial charge is 0.454 e. The summed E-state index contributed by atoms with van der Waals surface area (Å²) < 4.78 is 20.2. The van der Waals surface area contributed by atoms with Crippen LogP contribution in [0.3, 0.4) is 0 Å². The van der Waals surface area contributed by atoms with Gasteiger partial charge in [0.25, 0.3) is 0 Å². The number of rotatable bonds is 4. The predicted octanol–water partition coefficient (Wildman–Crippen LogP) is 2.30. The number of fused-ring (bicyclic) bond motifs is 1. The Kier molecular flexibility index (Phi) is 4.22. The Bertz CT molecular complexity index is 483. The molecule has 0 atom stereocenters. The summed E-state index contributed by atoms with van der Waals surface area (Å²) in [5.41, 5.74) is 0.806. The number of ether oxygens (including phenoxy) is 4. The minimum absolute atomic E-state index is 0.0804. The lowest BCUT2D eigenvalue weighted by Gasteiger charge is -2.02. The second kappa shape index (κ2) is 5.88. The lowest BCUT2D eigenvalue weighted by Crippen LogP contribution is -2.06. The number of hydrogen-bond acceptors (Lipinski definition) is 5. The van der Waals surface area contributed by atoms with Crippen LogP contribution in [-0.2, 0) is 14.3 Å². The lowest BCUT2D eigenvalue weighted by molar-refractivity contribution is -0.148. The second-order valence-corrected chi connectivity index (χ2v) is 4.30. The van der Waals surface area contributed by atoms with Gasteiger partial charge in [0.2, 0.25) is 6.79 Å². The molecule has 0 saturated carbocycles. The molecule has 0 saturated heterocycles. The average Bonchev–Trinajstić information content (AvgIpc) is 2.83. The van der Waals surface area contributed by atoms with Gasteiger partial charge in [0.15, 0.2) is 18.3 Å². The zero-order valence-electron chi connectivity index (χ0n) is 9.64. The molecule has 0 fully saturated rings. The van der Waals surface area contributed by atoms with Gasteiger partial charge in [-0.15, -0.1) is 0 Å². The van der Waals surface area contributed by atoms with Gasteiger partial charge >= 0.3 is 5.97 Å². The standard InChI is InChI=1S/C12H11BrO5/c1-15-6-18-12(14)9(13)4-8-2-3-10-11(5-8)17-7-16-10/h2-5H,6-7H2,1H3/b9-4+. The topological polar surface area (TPSA) is 54.0 Å². The molecule has 0 spiro atoms. The zero-order valence-corrected chi connectivity index (χ0v) is 11.2. The second-order valence-electron chi connectivity index (χ2n) is 3.44. The number of carbonyl (C=O) groups is 1. The van der Waals surface area contributed by atoms with Crippen molar-refractivity contribution in [3.8, 4) is 11.5 Å². The number of benzene rings is 1. The number of carbonyl (C=O) groups excluding carboxylic acids is 1. The van der Waals surface area contributed by atoms with Crippen LogP contribution >= 0.6 is 15.9 Å². The first-order valence-corrected chi connectivity index (χ1v) is 5.93. The first-order valence-electron chi connectivity index (χ1n) is 5.13. The van der Waals surface area contributed by atoms with E-state index >= 15 is 0 Å². The lowest BCUT2D eigenvalue weighted by atomic mass is 10.2. The van der Waals surface area contributed by atoms with Crippen LogP contribution < -0.4 is 9.47 Å². The Morgan fingerprint density at radius 3 is 3.00 bits per heavy atom. The monoisotopic (exact) mass is 314 g/mol. The summed E-state index contributed by atoms with van der Waals surface area (Å²) in [7, 11) is 1.45. The van der Waals surface area contributed by atoms with Crippen LogP contribution in [0.25, 0.3) is 6.08 Å². The summed E-state index contributed by atoms with van der Waals surface area (Å²) in [5, 5.41) is 0. The first kappa shape index (κ1) is 12.9. The quantitative estimate of drug-likeness (QED) is 0.485. The fourth-order valence-corrected chi connectivity index (χ4v) is 1.77. The van der Waals surface area contributed by atoms with Gasteiger partial charge in [-0.25, -0.2) is 4.79 Å². The van der Waals surface area contributed by atoms with E-state index in [2.05, 4.69) is 20.7 Å². The Morgan fingerprint density at radius 1 is 1.44 bits per heavy atom. The first-order chi connectivity index (χ1) is 8.70. The molecule has 0 unspecified atom stereocenters. The molecular weight excluding hydrogens is 304 g/mol. The van der Waals surface area contributed by atoms with E-state index in [1.807, 2.05) is 6.07 Å². The van der Waals surface area contributed by atoms with Gasteiger partial charge in [-0.05, 0) is 39.7 Å². The third kappa shape index (κ3) is 3.02. The van der Waals surface area contributed by atoms with Crippen molar-refractivity contribution in [2.45, 2.75) is 0 Å². The summed E-state index contributed by atoms with van der Waals surface area (Å²) in [6.45, 7) is 0.141.